The Bertz CT molecular complexity index is 4810. The van der Waals surface area contributed by atoms with Crippen molar-refractivity contribution in [3.8, 4) is 23.0 Å². The predicted molar refractivity (Wildman–Crippen MR) is 426 cm³/mol. The highest BCUT2D eigenvalue weighted by Gasteiger charge is 2.39. The molecule has 0 fully saturated rings. The molecule has 0 atom stereocenters. The van der Waals surface area contributed by atoms with Crippen LogP contribution in [0.15, 0.2) is 24.3 Å². The molecular weight excluding hydrogens is 1230 g/mol. The molecule has 534 valence electrons. The van der Waals surface area contributed by atoms with E-state index in [4.69, 9.17) is 23.7 Å². The summed E-state index contributed by atoms with van der Waals surface area (Å²) in [5.74, 6) is 3.77. The van der Waals surface area contributed by atoms with Crippen LogP contribution in [-0.4, -0.2) is 45.5 Å². The number of hydrogen-bond donors (Lipinski definition) is 2. The molecule has 0 aromatic heterocycles. The number of fused-ring (bicyclic) bond motifs is 12. The zero-order chi connectivity index (χ0) is 75.4. The van der Waals surface area contributed by atoms with Gasteiger partial charge in [0.1, 0.15) is 45.4 Å². The maximum Gasteiger partial charge on any atom is 0.160 e. The first-order valence-electron chi connectivity index (χ1n) is 36.0. The molecule has 4 aliphatic rings. The molecule has 0 radical (unpaired) electrons. The van der Waals surface area contributed by atoms with Gasteiger partial charge in [-0.15, -0.1) is 0 Å². The van der Waals surface area contributed by atoms with Gasteiger partial charge in [0, 0.05) is 56.5 Å². The average molecular weight is 1350 g/mol. The van der Waals surface area contributed by atoms with Gasteiger partial charge in [-0.2, -0.15) is 0 Å². The smallest absolute Gasteiger partial charge is 0.160 e. The molecule has 8 aromatic carbocycles. The summed E-state index contributed by atoms with van der Waals surface area (Å²) >= 11 is 0. The Morgan fingerprint density at radius 2 is 0.510 bits per heavy atom. The Kier molecular flexibility index (Phi) is 19.8. The van der Waals surface area contributed by atoms with Crippen molar-refractivity contribution >= 4 is 73.2 Å². The van der Waals surface area contributed by atoms with Crippen molar-refractivity contribution in [2.24, 2.45) is 0 Å². The summed E-state index contributed by atoms with van der Waals surface area (Å²) < 4.78 is 31.7. The second-order valence-corrected chi connectivity index (χ2v) is 33.5. The number of aliphatic hydroxyl groups is 2. The number of carbonyl (C=O) groups excluding carboxylic acids is 1. The summed E-state index contributed by atoms with van der Waals surface area (Å²) in [6.45, 7) is 73.5. The van der Waals surface area contributed by atoms with E-state index in [1.807, 2.05) is 33.8 Å². The lowest BCUT2D eigenvalue weighted by atomic mass is 9.79. The molecule has 8 nitrogen and oxygen atoms in total. The van der Waals surface area contributed by atoms with E-state index >= 15 is 0 Å². The van der Waals surface area contributed by atoms with E-state index in [0.717, 1.165) is 84.0 Å². The first-order chi connectivity index (χ1) is 45.7. The van der Waals surface area contributed by atoms with Gasteiger partial charge in [0.25, 0.3) is 0 Å². The van der Waals surface area contributed by atoms with Crippen molar-refractivity contribution in [2.45, 2.75) is 282 Å². The van der Waals surface area contributed by atoms with E-state index in [9.17, 15) is 15.0 Å². The molecule has 8 heteroatoms. The molecule has 12 rings (SSSR count). The molecule has 0 bridgehead atoms. The minimum absolute atomic E-state index is 0.0916. The summed E-state index contributed by atoms with van der Waals surface area (Å²) in [5.41, 5.74) is 29.9. The van der Waals surface area contributed by atoms with Gasteiger partial charge < -0.3 is 33.9 Å². The van der Waals surface area contributed by atoms with Crippen LogP contribution in [0, 0.1) is 138 Å². The van der Waals surface area contributed by atoms with E-state index in [1.54, 1.807) is 14.0 Å². The van der Waals surface area contributed by atoms with Gasteiger partial charge in [0.05, 0.1) is 16.8 Å². The van der Waals surface area contributed by atoms with Crippen molar-refractivity contribution in [1.82, 2.24) is 0 Å². The summed E-state index contributed by atoms with van der Waals surface area (Å²) in [6, 6.07) is 0. The van der Waals surface area contributed by atoms with Gasteiger partial charge in [-0.25, -0.2) is 0 Å². The van der Waals surface area contributed by atoms with Gasteiger partial charge in [-0.1, -0.05) is 24.3 Å². The van der Waals surface area contributed by atoms with Crippen LogP contribution in [-0.2, 0) is 21.5 Å². The summed E-state index contributed by atoms with van der Waals surface area (Å²) in [6.07, 6.45) is 16.9. The van der Waals surface area contributed by atoms with Crippen molar-refractivity contribution < 1.29 is 38.7 Å². The van der Waals surface area contributed by atoms with Crippen molar-refractivity contribution in [3.05, 3.63) is 180 Å². The maximum atomic E-state index is 12.4. The molecule has 0 amide bonds. The number of rotatable bonds is 5. The number of methoxy groups -OCH3 is 1. The summed E-state index contributed by atoms with van der Waals surface area (Å²) in [7, 11) is 1.78. The molecule has 0 spiro atoms. The fourth-order valence-corrected chi connectivity index (χ4v) is 16.9. The molecular formula is C92H118O8. The number of benzene rings is 8. The lowest BCUT2D eigenvalue weighted by molar-refractivity contribution is 0.0181. The number of carbonyl (C=O) groups is 1. The topological polar surface area (TPSA) is 104 Å². The van der Waals surface area contributed by atoms with Crippen LogP contribution in [0.4, 0.5) is 0 Å². The minimum Gasteiger partial charge on any atom is -0.482 e. The van der Waals surface area contributed by atoms with Gasteiger partial charge in [0.15, 0.2) is 5.78 Å². The second-order valence-electron chi connectivity index (χ2n) is 33.5. The van der Waals surface area contributed by atoms with Crippen molar-refractivity contribution in [3.63, 3.8) is 0 Å². The number of Topliss-reactive ketones (excluding diaryl/α,β-unsaturated/α-hetero) is 1. The Balaban J connectivity index is 0.000000156. The molecule has 8 aromatic rings. The quantitative estimate of drug-likeness (QED) is 0.164. The highest BCUT2D eigenvalue weighted by molar-refractivity contribution is 6.11. The van der Waals surface area contributed by atoms with E-state index in [-0.39, 0.29) is 28.2 Å². The average Bonchev–Trinajstić information content (AvgIpc) is 0.739. The Morgan fingerprint density at radius 3 is 0.740 bits per heavy atom. The highest BCUT2D eigenvalue weighted by atomic mass is 16.5. The maximum absolute atomic E-state index is 12.4. The Labute approximate surface area is 600 Å². The van der Waals surface area contributed by atoms with E-state index in [2.05, 4.69) is 250 Å². The van der Waals surface area contributed by atoms with Gasteiger partial charge in [-0.3, -0.25) is 4.79 Å². The third-order valence-electron chi connectivity index (χ3n) is 23.5. The fraction of sp³-hybridized carbons (Fsp3) is 0.467. The number of ether oxygens (including phenoxy) is 5. The third kappa shape index (κ3) is 12.9. The first-order valence-corrected chi connectivity index (χ1v) is 36.0. The van der Waals surface area contributed by atoms with Crippen LogP contribution in [0.3, 0.4) is 0 Å². The number of ketones is 1. The zero-order valence-corrected chi connectivity index (χ0v) is 68.0. The van der Waals surface area contributed by atoms with Crippen LogP contribution >= 0.6 is 0 Å². The van der Waals surface area contributed by atoms with Crippen molar-refractivity contribution in [2.75, 3.05) is 7.11 Å². The van der Waals surface area contributed by atoms with Crippen LogP contribution in [0.25, 0.3) is 67.4 Å². The number of hydrogen-bond acceptors (Lipinski definition) is 8. The lowest BCUT2D eigenvalue weighted by Gasteiger charge is -2.36. The molecule has 2 N–H and O–H groups in total. The summed E-state index contributed by atoms with van der Waals surface area (Å²) in [5, 5.41) is 31.6. The molecule has 0 unspecified atom stereocenters. The zero-order valence-electron chi connectivity index (χ0n) is 68.0. The molecule has 0 saturated heterocycles. The fourth-order valence-electron chi connectivity index (χ4n) is 16.9. The van der Waals surface area contributed by atoms with Crippen LogP contribution < -0.4 is 18.9 Å². The largest absolute Gasteiger partial charge is 0.482 e. The lowest BCUT2D eigenvalue weighted by Crippen LogP contribution is -2.30. The predicted octanol–water partition coefficient (Wildman–Crippen LogP) is 23.8. The van der Waals surface area contributed by atoms with E-state index in [1.165, 1.54) is 138 Å². The van der Waals surface area contributed by atoms with Crippen LogP contribution in [0.5, 0.6) is 23.0 Å². The van der Waals surface area contributed by atoms with Crippen molar-refractivity contribution in [1.29, 1.82) is 0 Å². The molecule has 0 saturated carbocycles. The Hall–Kier alpha value is -7.49. The van der Waals surface area contributed by atoms with E-state index in [0.29, 0.717) is 0 Å². The first kappa shape index (κ1) is 76.7. The molecule has 0 aliphatic carbocycles. The van der Waals surface area contributed by atoms with Gasteiger partial charge in [0.2, 0.25) is 0 Å². The van der Waals surface area contributed by atoms with Crippen LogP contribution in [0.2, 0.25) is 0 Å². The van der Waals surface area contributed by atoms with Crippen LogP contribution in [0.1, 0.15) is 264 Å². The Morgan fingerprint density at radius 1 is 0.310 bits per heavy atom. The summed E-state index contributed by atoms with van der Waals surface area (Å²) in [4.78, 5) is 12.4. The second kappa shape index (κ2) is 25.8. The third-order valence-corrected chi connectivity index (χ3v) is 23.5. The van der Waals surface area contributed by atoms with E-state index < -0.39 is 16.8 Å². The molecule has 100 heavy (non-hydrogen) atoms. The molecule has 4 heterocycles. The molecule has 4 aliphatic heterocycles. The SMILES string of the molecule is CC(=O)c1c2c(c3c(C)c(C)c(C)c(C)c3c1C)OC(C)(C)C=C2.COC(C)(C)c1c2c(c3c(C)c(C)c(C)c(C)c3c1C)OC(C)(C)C=C2.Cc1c(C)c(C)c2c3c(c(C(C)(C)O)c(C)c2c1C)C=CC(C)(C)O3.Cc1c(C)c(C)c2c3c(c(C(C)(C)O)c(C)c2c1C)C=CC(C)(C)O3. The number of aryl methyl sites for hydroxylation is 12. The van der Waals surface area contributed by atoms with Gasteiger partial charge in [-0.05, 0) is 416 Å². The monoisotopic (exact) mass is 1350 g/mol. The minimum atomic E-state index is -0.934. The highest BCUT2D eigenvalue weighted by Crippen LogP contribution is 2.53. The normalized spacial score (nSPS) is 15.9. The standard InChI is InChI=1S/C24H32O2.2C23H30O2.C22H26O2/c1-13-14(2)16(4)20-19(15(13)3)17(5)21(24(8,9)25-10)18-11-12-23(6,7)26-22(18)20;2*1-12-13(2)15(4)19-18(14(12)3)16(5)20(23(8,9)24)17-10-11-22(6,7)25-21(17)19;1-11-12(2)14(4)20-18(13(11)3)15(5)19(16(6)23)17-9-10-22(7,8)24-21(17)20/h11-12H,1-10H3;2*10-11,24H,1-9H3;9-10H,1-8H3. The van der Waals surface area contributed by atoms with Gasteiger partial charge >= 0.3 is 0 Å².